The van der Waals surface area contributed by atoms with E-state index in [0.29, 0.717) is 33.1 Å². The molecule has 1 aromatic carbocycles. The van der Waals surface area contributed by atoms with Crippen LogP contribution in [0.1, 0.15) is 33.9 Å². The number of anilines is 4. The quantitative estimate of drug-likeness (QED) is 0.221. The van der Waals surface area contributed by atoms with Crippen LogP contribution in [0.5, 0.6) is 0 Å². The maximum atomic E-state index is 11.8. The van der Waals surface area contributed by atoms with Crippen molar-refractivity contribution < 1.29 is 15.1 Å². The van der Waals surface area contributed by atoms with E-state index in [1.54, 1.807) is 0 Å². The first-order valence-corrected chi connectivity index (χ1v) is 13.2. The Hall–Kier alpha value is -2.87. The van der Waals surface area contributed by atoms with E-state index in [1.807, 2.05) is 48.5 Å². The zero-order chi connectivity index (χ0) is 26.5. The lowest BCUT2D eigenvalue weighted by molar-refractivity contribution is -0.00496. The van der Waals surface area contributed by atoms with Crippen LogP contribution in [0.25, 0.3) is 0 Å². The number of rotatable bonds is 10. The van der Waals surface area contributed by atoms with Crippen LogP contribution in [0, 0.1) is 13.8 Å². The number of primary amides is 1. The smallest absolute Gasteiger partial charge is 0.260 e. The van der Waals surface area contributed by atoms with Gasteiger partial charge in [0.1, 0.15) is 28.6 Å². The van der Waals surface area contributed by atoms with E-state index in [4.69, 9.17) is 32.5 Å². The van der Waals surface area contributed by atoms with E-state index in [2.05, 4.69) is 14.8 Å². The minimum Gasteiger partial charge on any atom is -0.377 e. The van der Waals surface area contributed by atoms with Crippen LogP contribution in [0.15, 0.2) is 30.5 Å². The van der Waals surface area contributed by atoms with Gasteiger partial charge in [0.25, 0.3) is 5.91 Å². The normalized spacial score (nSPS) is 15.1. The molecule has 0 bridgehead atoms. The molecule has 0 saturated carbocycles. The molecule has 1 saturated heterocycles. The lowest BCUT2D eigenvalue weighted by Gasteiger charge is -2.36. The van der Waals surface area contributed by atoms with Crippen molar-refractivity contribution in [2.24, 2.45) is 5.73 Å². The number of thiazole rings is 1. The van der Waals surface area contributed by atoms with Crippen molar-refractivity contribution in [3.05, 3.63) is 51.7 Å². The Balaban J connectivity index is 1.60. The maximum absolute atomic E-state index is 11.8. The number of aryl methyl sites for hydroxylation is 2. The summed E-state index contributed by atoms with van der Waals surface area (Å²) in [6, 6.07) is 7.57. The minimum absolute atomic E-state index is 0.342. The molecule has 1 amide bonds. The molecule has 2 aromatic heterocycles. The van der Waals surface area contributed by atoms with E-state index < -0.39 is 12.1 Å². The highest BCUT2D eigenvalue weighted by atomic mass is 35.5. The molecule has 5 N–H and O–H groups in total. The van der Waals surface area contributed by atoms with Crippen molar-refractivity contribution in [3.63, 3.8) is 0 Å². The van der Waals surface area contributed by atoms with Gasteiger partial charge in [-0.2, -0.15) is 5.48 Å². The molecule has 4 rings (SSSR count). The minimum atomic E-state index is -0.898. The molecule has 37 heavy (non-hydrogen) atoms. The number of piperazine rings is 1. The molecule has 13 heteroatoms. The second-order valence-corrected chi connectivity index (χ2v) is 10.3. The number of aromatic nitrogens is 3. The lowest BCUT2D eigenvalue weighted by Crippen LogP contribution is -2.47. The topological polar surface area (TPSA) is 144 Å². The lowest BCUT2D eigenvalue weighted by atomic mass is 10.2. The number of nitrogens with two attached hydrogens (primary N) is 1. The first-order valence-electron chi connectivity index (χ1n) is 12.0. The van der Waals surface area contributed by atoms with E-state index in [-0.39, 0.29) is 0 Å². The highest BCUT2D eigenvalue weighted by Gasteiger charge is 2.25. The molecule has 1 unspecified atom stereocenters. The first-order chi connectivity index (χ1) is 17.8. The number of amides is 1. The highest BCUT2D eigenvalue weighted by molar-refractivity contribution is 7.17. The van der Waals surface area contributed by atoms with Crippen LogP contribution in [0.4, 0.5) is 22.5 Å². The second kappa shape index (κ2) is 12.1. The fourth-order valence-corrected chi connectivity index (χ4v) is 5.37. The van der Waals surface area contributed by atoms with Crippen LogP contribution in [-0.4, -0.2) is 75.0 Å². The monoisotopic (exact) mass is 546 g/mol. The Labute approximate surface area is 224 Å². The van der Waals surface area contributed by atoms with Gasteiger partial charge < -0.3 is 20.9 Å². The van der Waals surface area contributed by atoms with Crippen molar-refractivity contribution in [1.29, 1.82) is 0 Å². The number of halogens is 1. The predicted molar refractivity (Wildman–Crippen MR) is 144 cm³/mol. The Morgan fingerprint density at radius 2 is 2.03 bits per heavy atom. The zero-order valence-electron chi connectivity index (χ0n) is 20.8. The number of nitrogens with zero attached hydrogens (tertiary/aromatic N) is 6. The van der Waals surface area contributed by atoms with E-state index >= 15 is 0 Å². The zero-order valence-corrected chi connectivity index (χ0v) is 22.3. The van der Waals surface area contributed by atoms with Gasteiger partial charge in [-0.05, 0) is 44.9 Å². The average Bonchev–Trinajstić information content (AvgIpc) is 3.36. The molecular formula is C24H31ClN8O3S. The summed E-state index contributed by atoms with van der Waals surface area (Å²) < 4.78 is 0. The van der Waals surface area contributed by atoms with Crippen molar-refractivity contribution >= 4 is 51.3 Å². The van der Waals surface area contributed by atoms with Gasteiger partial charge in [-0.3, -0.25) is 14.6 Å². The van der Waals surface area contributed by atoms with Gasteiger partial charge in [0, 0.05) is 32.2 Å². The number of aliphatic hydroxyl groups is 1. The summed E-state index contributed by atoms with van der Waals surface area (Å²) in [5.74, 6) is 1.45. The Morgan fingerprint density at radius 3 is 2.68 bits per heavy atom. The number of hydrogen-bond donors (Lipinski definition) is 4. The van der Waals surface area contributed by atoms with Gasteiger partial charge >= 0.3 is 0 Å². The van der Waals surface area contributed by atoms with E-state index in [9.17, 15) is 9.90 Å². The van der Waals surface area contributed by atoms with Gasteiger partial charge in [0.15, 0.2) is 5.13 Å². The van der Waals surface area contributed by atoms with Crippen LogP contribution >= 0.6 is 22.9 Å². The number of aliphatic hydroxyl groups excluding tert-OH is 1. The largest absolute Gasteiger partial charge is 0.377 e. The Kier molecular flexibility index (Phi) is 8.90. The molecule has 0 radical (unpaired) electrons. The van der Waals surface area contributed by atoms with Gasteiger partial charge in [-0.1, -0.05) is 35.1 Å². The predicted octanol–water partition coefficient (Wildman–Crippen LogP) is 2.97. The Morgan fingerprint density at radius 1 is 1.27 bits per heavy atom. The molecule has 0 aliphatic carbocycles. The number of hydroxylamine groups is 1. The van der Waals surface area contributed by atoms with Gasteiger partial charge in [-0.15, -0.1) is 0 Å². The third-order valence-electron chi connectivity index (χ3n) is 6.18. The van der Waals surface area contributed by atoms with Crippen LogP contribution in [0.3, 0.4) is 0 Å². The van der Waals surface area contributed by atoms with E-state index in [0.717, 1.165) is 56.2 Å². The van der Waals surface area contributed by atoms with Gasteiger partial charge in [0.05, 0.1) is 16.9 Å². The fraction of sp³-hybridized carbons (Fsp3) is 0.417. The van der Waals surface area contributed by atoms with Gasteiger partial charge in [-0.25, -0.2) is 15.0 Å². The standard InChI is InChI=1S/C24H31ClN8O3S/c1-15-5-3-6-17(25)22(15)33(24-27-14-18(37-24)23(26)35)20-13-19(28-16(2)29-20)32-11-9-31(10-12-32)8-4-7-21(34)30-36/h3,5-6,13-14,21,30,34,36H,4,7-12H2,1-2H3,(H2,26,35). The summed E-state index contributed by atoms with van der Waals surface area (Å²) in [5.41, 5.74) is 9.01. The highest BCUT2D eigenvalue weighted by Crippen LogP contribution is 2.42. The van der Waals surface area contributed by atoms with E-state index in [1.165, 1.54) is 17.5 Å². The molecule has 0 spiro atoms. The summed E-state index contributed by atoms with van der Waals surface area (Å²) in [6.07, 6.45) is 1.83. The molecule has 198 valence electrons. The molecule has 1 fully saturated rings. The summed E-state index contributed by atoms with van der Waals surface area (Å²) in [6.45, 7) is 7.91. The van der Waals surface area contributed by atoms with Gasteiger partial charge in [0.2, 0.25) is 0 Å². The number of carbonyl (C=O) groups is 1. The molecule has 1 aliphatic heterocycles. The number of para-hydroxylation sites is 1. The van der Waals surface area contributed by atoms with Crippen molar-refractivity contribution in [2.45, 2.75) is 32.9 Å². The first kappa shape index (κ1) is 27.2. The SMILES string of the molecule is Cc1nc(N2CCN(CCCC(O)NO)CC2)cc(N(c2ncc(C(N)=O)s2)c2c(C)cccc2Cl)n1. The summed E-state index contributed by atoms with van der Waals surface area (Å²) in [4.78, 5) is 32.4. The van der Waals surface area contributed by atoms with Crippen molar-refractivity contribution in [1.82, 2.24) is 25.3 Å². The van der Waals surface area contributed by atoms with Crippen LogP contribution in [0.2, 0.25) is 5.02 Å². The van der Waals surface area contributed by atoms with Crippen molar-refractivity contribution in [2.75, 3.05) is 42.5 Å². The molecule has 3 aromatic rings. The third kappa shape index (κ3) is 6.53. The summed E-state index contributed by atoms with van der Waals surface area (Å²) >= 11 is 7.84. The maximum Gasteiger partial charge on any atom is 0.260 e. The number of carbonyl (C=O) groups excluding carboxylic acids is 1. The third-order valence-corrected chi connectivity index (χ3v) is 7.48. The summed E-state index contributed by atoms with van der Waals surface area (Å²) in [5, 5.41) is 19.3. The average molecular weight is 547 g/mol. The molecular weight excluding hydrogens is 516 g/mol. The molecule has 1 aliphatic rings. The number of hydrogen-bond acceptors (Lipinski definition) is 11. The molecule has 1 atom stereocenters. The Bertz CT molecular complexity index is 1210. The number of benzene rings is 1. The summed E-state index contributed by atoms with van der Waals surface area (Å²) in [7, 11) is 0. The van der Waals surface area contributed by atoms with Crippen molar-refractivity contribution in [3.8, 4) is 0 Å². The molecule has 11 nitrogen and oxygen atoms in total. The fourth-order valence-electron chi connectivity index (χ4n) is 4.28. The van der Waals surface area contributed by atoms with Crippen LogP contribution in [-0.2, 0) is 0 Å². The molecule has 3 heterocycles. The second-order valence-electron chi connectivity index (χ2n) is 8.86. The number of nitrogens with one attached hydrogen (secondary N) is 1. The van der Waals surface area contributed by atoms with Crippen LogP contribution < -0.4 is 21.0 Å².